The zero-order chi connectivity index (χ0) is 19.2. The van der Waals surface area contributed by atoms with Crippen molar-refractivity contribution in [2.45, 2.75) is 0 Å². The second-order valence-corrected chi connectivity index (χ2v) is 7.69. The van der Waals surface area contributed by atoms with Crippen molar-refractivity contribution in [1.82, 2.24) is 5.32 Å². The van der Waals surface area contributed by atoms with Gasteiger partial charge in [0.1, 0.15) is 24.7 Å². The van der Waals surface area contributed by atoms with Crippen LogP contribution in [0.1, 0.15) is 0 Å². The van der Waals surface area contributed by atoms with Crippen LogP contribution in [0.15, 0.2) is 48.5 Å². The first kappa shape index (κ1) is 20.0. The number of rotatable bonds is 8. The first-order chi connectivity index (χ1) is 12.3. The van der Waals surface area contributed by atoms with Gasteiger partial charge in [0.2, 0.25) is 15.9 Å². The van der Waals surface area contributed by atoms with Crippen molar-refractivity contribution in [1.29, 1.82) is 0 Å². The summed E-state index contributed by atoms with van der Waals surface area (Å²) < 4.78 is 43.4. The van der Waals surface area contributed by atoms with Crippen molar-refractivity contribution in [3.8, 4) is 5.75 Å². The van der Waals surface area contributed by atoms with Crippen molar-refractivity contribution in [2.75, 3.05) is 30.3 Å². The summed E-state index contributed by atoms with van der Waals surface area (Å²) in [5.74, 6) is -0.645. The Bertz CT molecular complexity index is 877. The summed E-state index contributed by atoms with van der Waals surface area (Å²) in [5, 5.41) is 3.00. The molecular weight excluding hydrogens is 383 g/mol. The molecule has 0 saturated heterocycles. The van der Waals surface area contributed by atoms with E-state index in [4.69, 9.17) is 16.3 Å². The Morgan fingerprint density at radius 1 is 1.23 bits per heavy atom. The maximum atomic E-state index is 13.3. The molecule has 0 aliphatic heterocycles. The molecular formula is C17H18ClFN2O4S. The van der Waals surface area contributed by atoms with Gasteiger partial charge in [0, 0.05) is 0 Å². The maximum Gasteiger partial charge on any atom is 0.240 e. The smallest absolute Gasteiger partial charge is 0.240 e. The van der Waals surface area contributed by atoms with Crippen LogP contribution in [0.5, 0.6) is 5.75 Å². The summed E-state index contributed by atoms with van der Waals surface area (Å²) >= 11 is 5.95. The molecule has 0 aromatic heterocycles. The molecule has 1 N–H and O–H groups in total. The molecule has 0 bridgehead atoms. The van der Waals surface area contributed by atoms with Gasteiger partial charge in [-0.05, 0) is 30.3 Å². The van der Waals surface area contributed by atoms with Gasteiger partial charge in [-0.15, -0.1) is 0 Å². The van der Waals surface area contributed by atoms with Crippen molar-refractivity contribution in [3.63, 3.8) is 0 Å². The van der Waals surface area contributed by atoms with Crippen LogP contribution in [0.4, 0.5) is 10.1 Å². The van der Waals surface area contributed by atoms with Gasteiger partial charge >= 0.3 is 0 Å². The summed E-state index contributed by atoms with van der Waals surface area (Å²) in [5.41, 5.74) is 0.0787. The third-order valence-corrected chi connectivity index (χ3v) is 4.76. The van der Waals surface area contributed by atoms with E-state index in [1.165, 1.54) is 18.2 Å². The molecule has 0 radical (unpaired) electrons. The van der Waals surface area contributed by atoms with Crippen LogP contribution in [-0.4, -0.2) is 40.3 Å². The molecule has 9 heteroatoms. The molecule has 26 heavy (non-hydrogen) atoms. The van der Waals surface area contributed by atoms with Crippen molar-refractivity contribution >= 4 is 33.2 Å². The Morgan fingerprint density at radius 2 is 1.96 bits per heavy atom. The molecule has 2 aromatic rings. The molecule has 0 aliphatic rings. The lowest BCUT2D eigenvalue weighted by molar-refractivity contribution is -0.119. The summed E-state index contributed by atoms with van der Waals surface area (Å²) in [6.07, 6.45) is 0.950. The van der Waals surface area contributed by atoms with E-state index in [0.29, 0.717) is 10.8 Å². The summed E-state index contributed by atoms with van der Waals surface area (Å²) in [6, 6.07) is 11.9. The van der Waals surface area contributed by atoms with Crippen LogP contribution in [0.2, 0.25) is 5.02 Å². The molecule has 140 valence electrons. The highest BCUT2D eigenvalue weighted by molar-refractivity contribution is 7.92. The molecule has 0 saturated carbocycles. The Hall–Kier alpha value is -2.32. The summed E-state index contributed by atoms with van der Waals surface area (Å²) in [6.45, 7) is -0.145. The fraction of sp³-hybridized carbons (Fsp3) is 0.235. The lowest BCUT2D eigenvalue weighted by Gasteiger charge is -2.21. The SMILES string of the molecule is CS(=O)(=O)N(CC(=O)NCCOc1ccccc1Cl)c1cccc(F)c1. The van der Waals surface area contributed by atoms with Gasteiger partial charge in [-0.3, -0.25) is 9.10 Å². The zero-order valence-corrected chi connectivity index (χ0v) is 15.6. The standard InChI is InChI=1S/C17H18ClFN2O4S/c1-26(23,24)21(14-6-4-5-13(19)11-14)12-17(22)20-9-10-25-16-8-3-2-7-15(16)18/h2-8,11H,9-10,12H2,1H3,(H,20,22). The molecule has 2 rings (SSSR count). The number of nitrogens with one attached hydrogen (secondary N) is 1. The van der Waals surface area contributed by atoms with Crippen LogP contribution in [0.25, 0.3) is 0 Å². The number of sulfonamides is 1. The first-order valence-corrected chi connectivity index (χ1v) is 9.87. The Labute approximate surface area is 156 Å². The predicted octanol–water partition coefficient (Wildman–Crippen LogP) is 2.44. The quantitative estimate of drug-likeness (QED) is 0.690. The van der Waals surface area contributed by atoms with Crippen molar-refractivity contribution in [2.24, 2.45) is 0 Å². The molecule has 0 heterocycles. The number of halogens is 2. The minimum absolute atomic E-state index is 0.0787. The Balaban J connectivity index is 1.91. The second kappa shape index (κ2) is 8.86. The Kier molecular flexibility index (Phi) is 6.82. The van der Waals surface area contributed by atoms with Gasteiger partial charge in [0.15, 0.2) is 0 Å². The van der Waals surface area contributed by atoms with E-state index in [1.54, 1.807) is 24.3 Å². The van der Waals surface area contributed by atoms with E-state index < -0.39 is 28.3 Å². The maximum absolute atomic E-state index is 13.3. The monoisotopic (exact) mass is 400 g/mol. The molecule has 0 aliphatic carbocycles. The number of amides is 1. The van der Waals surface area contributed by atoms with Crippen LogP contribution in [0, 0.1) is 5.82 Å². The number of hydrogen-bond donors (Lipinski definition) is 1. The second-order valence-electron chi connectivity index (χ2n) is 5.38. The number of anilines is 1. The molecule has 6 nitrogen and oxygen atoms in total. The van der Waals surface area contributed by atoms with Crippen molar-refractivity contribution in [3.05, 3.63) is 59.4 Å². The number of carbonyl (C=O) groups excluding carboxylic acids is 1. The minimum atomic E-state index is -3.75. The van der Waals surface area contributed by atoms with Gasteiger partial charge in [0.25, 0.3) is 0 Å². The van der Waals surface area contributed by atoms with E-state index in [9.17, 15) is 17.6 Å². The summed E-state index contributed by atoms with van der Waals surface area (Å²) in [7, 11) is -3.75. The normalized spacial score (nSPS) is 11.0. The molecule has 0 atom stereocenters. The lowest BCUT2D eigenvalue weighted by atomic mass is 10.3. The van der Waals surface area contributed by atoms with Gasteiger partial charge in [0.05, 0.1) is 23.5 Å². The third kappa shape index (κ3) is 5.89. The number of hydrogen-bond acceptors (Lipinski definition) is 4. The average Bonchev–Trinajstić information content (AvgIpc) is 2.57. The fourth-order valence-corrected chi connectivity index (χ4v) is 3.17. The first-order valence-electron chi connectivity index (χ1n) is 7.64. The van der Waals surface area contributed by atoms with E-state index in [2.05, 4.69) is 5.32 Å². The fourth-order valence-electron chi connectivity index (χ4n) is 2.13. The average molecular weight is 401 g/mol. The highest BCUT2D eigenvalue weighted by Crippen LogP contribution is 2.22. The molecule has 2 aromatic carbocycles. The third-order valence-electron chi connectivity index (χ3n) is 3.30. The number of benzene rings is 2. The minimum Gasteiger partial charge on any atom is -0.490 e. The van der Waals surface area contributed by atoms with Crippen LogP contribution >= 0.6 is 11.6 Å². The van der Waals surface area contributed by atoms with Crippen LogP contribution in [0.3, 0.4) is 0 Å². The molecule has 0 unspecified atom stereocenters. The number of para-hydroxylation sites is 1. The van der Waals surface area contributed by atoms with Crippen LogP contribution < -0.4 is 14.4 Å². The molecule has 1 amide bonds. The zero-order valence-electron chi connectivity index (χ0n) is 14.0. The predicted molar refractivity (Wildman–Crippen MR) is 98.5 cm³/mol. The molecule has 0 fully saturated rings. The van der Waals surface area contributed by atoms with Gasteiger partial charge < -0.3 is 10.1 Å². The highest BCUT2D eigenvalue weighted by Gasteiger charge is 2.21. The number of ether oxygens (including phenoxy) is 1. The summed E-state index contributed by atoms with van der Waals surface area (Å²) in [4.78, 5) is 12.0. The largest absolute Gasteiger partial charge is 0.490 e. The highest BCUT2D eigenvalue weighted by atomic mass is 35.5. The van der Waals surface area contributed by atoms with E-state index in [0.717, 1.165) is 16.6 Å². The van der Waals surface area contributed by atoms with E-state index >= 15 is 0 Å². The van der Waals surface area contributed by atoms with Gasteiger partial charge in [-0.2, -0.15) is 0 Å². The number of carbonyl (C=O) groups is 1. The van der Waals surface area contributed by atoms with E-state index in [-0.39, 0.29) is 18.8 Å². The lowest BCUT2D eigenvalue weighted by Crippen LogP contribution is -2.41. The van der Waals surface area contributed by atoms with Gasteiger partial charge in [-0.1, -0.05) is 29.8 Å². The van der Waals surface area contributed by atoms with Crippen molar-refractivity contribution < 1.29 is 22.3 Å². The number of nitrogens with zero attached hydrogens (tertiary/aromatic N) is 1. The van der Waals surface area contributed by atoms with Crippen LogP contribution in [-0.2, 0) is 14.8 Å². The topological polar surface area (TPSA) is 75.7 Å². The van der Waals surface area contributed by atoms with Gasteiger partial charge in [-0.25, -0.2) is 12.8 Å². The molecule has 0 spiro atoms. The van der Waals surface area contributed by atoms with E-state index in [1.807, 2.05) is 0 Å². The Morgan fingerprint density at radius 3 is 2.62 bits per heavy atom.